The largest absolute Gasteiger partial charge is 0.435 e. The predicted octanol–water partition coefficient (Wildman–Crippen LogP) is 1.37. The summed E-state index contributed by atoms with van der Waals surface area (Å²) in [6.45, 7) is 1.33. The van der Waals surface area contributed by atoms with Gasteiger partial charge < -0.3 is 4.74 Å². The van der Waals surface area contributed by atoms with Crippen molar-refractivity contribution < 1.29 is 9.53 Å². The minimum atomic E-state index is -0.340. The van der Waals surface area contributed by atoms with Crippen molar-refractivity contribution in [3.05, 3.63) is 12.3 Å². The summed E-state index contributed by atoms with van der Waals surface area (Å²) in [6.07, 6.45) is 4.03. The Bertz CT molecular complexity index is 167. The smallest absolute Gasteiger partial charge is 0.307 e. The Balaban J connectivity index is 3.22. The highest BCUT2D eigenvalue weighted by molar-refractivity contribution is 5.66. The van der Waals surface area contributed by atoms with Crippen LogP contribution in [0.15, 0.2) is 12.3 Å². The van der Waals surface area contributed by atoms with Gasteiger partial charge in [-0.25, -0.2) is 0 Å². The van der Waals surface area contributed by atoms with E-state index in [2.05, 4.69) is 4.74 Å². The summed E-state index contributed by atoms with van der Waals surface area (Å²) in [7, 11) is 0. The Kier molecular flexibility index (Phi) is 5.07. The molecule has 54 valence electrons. The molecule has 3 heteroatoms. The highest BCUT2D eigenvalue weighted by Gasteiger charge is 1.83. The molecule has 0 spiro atoms. The molecule has 0 bridgehead atoms. The zero-order chi connectivity index (χ0) is 7.82. The second-order valence-corrected chi connectivity index (χ2v) is 1.68. The van der Waals surface area contributed by atoms with E-state index in [1.54, 1.807) is 6.08 Å². The average Bonchev–Trinajstić information content (AvgIpc) is 1.87. The third-order valence-electron chi connectivity index (χ3n) is 0.753. The summed E-state index contributed by atoms with van der Waals surface area (Å²) in [5.74, 6) is -0.340. The fourth-order valence-corrected chi connectivity index (χ4v) is 0.360. The first kappa shape index (κ1) is 8.70. The molecule has 0 saturated carbocycles. The summed E-state index contributed by atoms with van der Waals surface area (Å²) >= 11 is 0. The zero-order valence-electron chi connectivity index (χ0n) is 5.83. The number of hydrogen-bond donors (Lipinski definition) is 0. The second kappa shape index (κ2) is 5.83. The van der Waals surface area contributed by atoms with Crippen molar-refractivity contribution in [2.45, 2.75) is 19.8 Å². The lowest BCUT2D eigenvalue weighted by Gasteiger charge is -1.87. The molecule has 0 N–H and O–H groups in total. The van der Waals surface area contributed by atoms with Crippen LogP contribution in [-0.4, -0.2) is 5.97 Å². The lowest BCUT2D eigenvalue weighted by Crippen LogP contribution is -1.88. The van der Waals surface area contributed by atoms with Gasteiger partial charge in [-0.3, -0.25) is 4.79 Å². The minimum Gasteiger partial charge on any atom is -0.435 e. The van der Waals surface area contributed by atoms with E-state index in [4.69, 9.17) is 5.26 Å². The normalized spacial score (nSPS) is 9.20. The van der Waals surface area contributed by atoms with Gasteiger partial charge in [-0.15, -0.1) is 0 Å². The summed E-state index contributed by atoms with van der Waals surface area (Å²) < 4.78 is 4.46. The topological polar surface area (TPSA) is 50.1 Å². The molecular formula is C7H9NO2. The van der Waals surface area contributed by atoms with Gasteiger partial charge in [0.15, 0.2) is 0 Å². The molecule has 0 aromatic rings. The van der Waals surface area contributed by atoms with E-state index in [-0.39, 0.29) is 5.97 Å². The van der Waals surface area contributed by atoms with E-state index < -0.39 is 0 Å². The highest BCUT2D eigenvalue weighted by Crippen LogP contribution is 1.88. The Labute approximate surface area is 59.9 Å². The number of nitrogens with zero attached hydrogens (tertiary/aromatic N) is 1. The second-order valence-electron chi connectivity index (χ2n) is 1.68. The van der Waals surface area contributed by atoms with Crippen molar-refractivity contribution >= 4 is 5.97 Å². The highest BCUT2D eigenvalue weighted by atomic mass is 16.5. The number of carbonyl (C=O) groups is 1. The summed E-state index contributed by atoms with van der Waals surface area (Å²) in [5.41, 5.74) is 0. The van der Waals surface area contributed by atoms with Crippen LogP contribution in [-0.2, 0) is 9.53 Å². The molecule has 0 aliphatic carbocycles. The molecule has 0 atom stereocenters. The Hall–Kier alpha value is -1.30. The number of nitriles is 1. The van der Waals surface area contributed by atoms with E-state index in [9.17, 15) is 4.79 Å². The molecule has 0 aromatic heterocycles. The lowest BCUT2D eigenvalue weighted by molar-refractivity contribution is -0.135. The third-order valence-corrected chi connectivity index (χ3v) is 0.753. The maximum absolute atomic E-state index is 10.1. The molecule has 0 radical (unpaired) electrons. The number of rotatable bonds is 3. The maximum atomic E-state index is 10.1. The van der Waals surface area contributed by atoms with Crippen LogP contribution in [0.5, 0.6) is 0 Å². The van der Waals surface area contributed by atoms with Gasteiger partial charge in [-0.2, -0.15) is 5.26 Å². The summed E-state index contributed by atoms with van der Waals surface area (Å²) in [4.78, 5) is 10.1. The maximum Gasteiger partial charge on any atom is 0.307 e. The summed E-state index contributed by atoms with van der Waals surface area (Å²) in [5, 5.41) is 8.08. The van der Waals surface area contributed by atoms with Gasteiger partial charge in [0.1, 0.15) is 0 Å². The molecule has 0 heterocycles. The van der Waals surface area contributed by atoms with Crippen LogP contribution in [0.3, 0.4) is 0 Å². The molecule has 10 heavy (non-hydrogen) atoms. The van der Waals surface area contributed by atoms with Crippen molar-refractivity contribution in [3.63, 3.8) is 0 Å². The van der Waals surface area contributed by atoms with Crippen LogP contribution in [0.4, 0.5) is 0 Å². The van der Waals surface area contributed by atoms with Crippen LogP contribution in [0, 0.1) is 11.3 Å². The van der Waals surface area contributed by atoms with Gasteiger partial charge in [0.05, 0.1) is 12.3 Å². The number of allylic oxidation sites excluding steroid dienone is 1. The number of unbranched alkanes of at least 4 members (excludes halogenated alkanes) is 1. The molecular weight excluding hydrogens is 130 g/mol. The van der Waals surface area contributed by atoms with Crippen LogP contribution in [0.25, 0.3) is 0 Å². The Morgan fingerprint density at radius 1 is 1.80 bits per heavy atom. The Morgan fingerprint density at radius 2 is 2.50 bits per heavy atom. The van der Waals surface area contributed by atoms with Gasteiger partial charge in [0.25, 0.3) is 0 Å². The molecule has 0 fully saturated rings. The molecule has 0 rings (SSSR count). The monoisotopic (exact) mass is 139 g/mol. The zero-order valence-corrected chi connectivity index (χ0v) is 5.83. The molecule has 3 nitrogen and oxygen atoms in total. The van der Waals surface area contributed by atoms with Gasteiger partial charge in [0, 0.05) is 13.3 Å². The van der Waals surface area contributed by atoms with E-state index in [1.165, 1.54) is 13.2 Å². The minimum absolute atomic E-state index is 0.340. The van der Waals surface area contributed by atoms with Crippen molar-refractivity contribution in [3.8, 4) is 6.07 Å². The van der Waals surface area contributed by atoms with Crippen molar-refractivity contribution in [2.24, 2.45) is 0 Å². The SMILES string of the molecule is CC(=O)O/C=C/CCC#N. The van der Waals surface area contributed by atoms with Crippen molar-refractivity contribution in [1.82, 2.24) is 0 Å². The van der Waals surface area contributed by atoms with Gasteiger partial charge in [-0.1, -0.05) is 0 Å². The standard InChI is InChI=1S/C7H9NO2/c1-7(9)10-6-4-2-3-5-8/h4,6H,2-3H2,1H3/b6-4+. The first-order chi connectivity index (χ1) is 4.77. The van der Waals surface area contributed by atoms with Crippen LogP contribution in [0.1, 0.15) is 19.8 Å². The fraction of sp³-hybridized carbons (Fsp3) is 0.429. The third kappa shape index (κ3) is 6.70. The number of carbonyl (C=O) groups excluding carboxylic acids is 1. The quantitative estimate of drug-likeness (QED) is 0.337. The van der Waals surface area contributed by atoms with Crippen LogP contribution in [0.2, 0.25) is 0 Å². The fourth-order valence-electron chi connectivity index (χ4n) is 0.360. The predicted molar refractivity (Wildman–Crippen MR) is 35.8 cm³/mol. The summed E-state index contributed by atoms with van der Waals surface area (Å²) in [6, 6.07) is 1.96. The van der Waals surface area contributed by atoms with Crippen LogP contribution < -0.4 is 0 Å². The first-order valence-electron chi connectivity index (χ1n) is 2.96. The Morgan fingerprint density at radius 3 is 3.00 bits per heavy atom. The van der Waals surface area contributed by atoms with E-state index in [1.807, 2.05) is 6.07 Å². The molecule has 0 saturated heterocycles. The average molecular weight is 139 g/mol. The van der Waals surface area contributed by atoms with Crippen molar-refractivity contribution in [1.29, 1.82) is 5.26 Å². The lowest BCUT2D eigenvalue weighted by atomic mass is 10.3. The van der Waals surface area contributed by atoms with Gasteiger partial charge in [0.2, 0.25) is 0 Å². The number of ether oxygens (including phenoxy) is 1. The van der Waals surface area contributed by atoms with E-state index in [0.29, 0.717) is 12.8 Å². The number of esters is 1. The number of hydrogen-bond acceptors (Lipinski definition) is 3. The van der Waals surface area contributed by atoms with Crippen LogP contribution >= 0.6 is 0 Å². The molecule has 0 aliphatic rings. The van der Waals surface area contributed by atoms with Gasteiger partial charge in [-0.05, 0) is 12.5 Å². The van der Waals surface area contributed by atoms with Gasteiger partial charge >= 0.3 is 5.97 Å². The van der Waals surface area contributed by atoms with Crippen molar-refractivity contribution in [2.75, 3.05) is 0 Å². The molecule has 0 amide bonds. The first-order valence-corrected chi connectivity index (χ1v) is 2.96. The molecule has 0 aliphatic heterocycles. The van der Waals surface area contributed by atoms with E-state index >= 15 is 0 Å². The van der Waals surface area contributed by atoms with E-state index in [0.717, 1.165) is 0 Å². The molecule has 0 unspecified atom stereocenters. The molecule has 0 aromatic carbocycles.